The van der Waals surface area contributed by atoms with Gasteiger partial charge in [-0.25, -0.2) is 0 Å². The van der Waals surface area contributed by atoms with E-state index in [1.165, 1.54) is 0 Å². The topological polar surface area (TPSA) is 72.0 Å². The van der Waals surface area contributed by atoms with Crippen molar-refractivity contribution in [3.8, 4) is 11.4 Å². The predicted molar refractivity (Wildman–Crippen MR) is 62.2 cm³/mol. The fourth-order valence-electron chi connectivity index (χ4n) is 1.73. The number of pyridine rings is 1. The molecule has 0 aromatic carbocycles. The Bertz CT molecular complexity index is 468. The summed E-state index contributed by atoms with van der Waals surface area (Å²) in [7, 11) is 0. The zero-order chi connectivity index (χ0) is 12.3. The Balaban J connectivity index is 2.27. The quantitative estimate of drug-likeness (QED) is 0.874. The van der Waals surface area contributed by atoms with Gasteiger partial charge in [-0.3, -0.25) is 4.98 Å². The molecular formula is C12H15N3O2. The molecule has 0 aliphatic carbocycles. The van der Waals surface area contributed by atoms with E-state index in [4.69, 9.17) is 4.52 Å². The summed E-state index contributed by atoms with van der Waals surface area (Å²) in [5.74, 6) is 0.897. The molecule has 5 heteroatoms. The maximum atomic E-state index is 9.61. The number of aliphatic hydroxyl groups is 1. The molecule has 2 rings (SSSR count). The molecule has 2 atom stereocenters. The maximum absolute atomic E-state index is 9.61. The van der Waals surface area contributed by atoms with Crippen LogP contribution in [0.2, 0.25) is 0 Å². The summed E-state index contributed by atoms with van der Waals surface area (Å²) >= 11 is 0. The highest BCUT2D eigenvalue weighted by atomic mass is 16.5. The van der Waals surface area contributed by atoms with Gasteiger partial charge in [0.25, 0.3) is 0 Å². The van der Waals surface area contributed by atoms with Crippen molar-refractivity contribution in [2.75, 3.05) is 0 Å². The van der Waals surface area contributed by atoms with Crippen LogP contribution >= 0.6 is 0 Å². The number of aromatic nitrogens is 3. The molecule has 2 aromatic rings. The molecule has 1 N–H and O–H groups in total. The summed E-state index contributed by atoms with van der Waals surface area (Å²) in [4.78, 5) is 8.24. The molecule has 0 spiro atoms. The van der Waals surface area contributed by atoms with Crippen molar-refractivity contribution in [2.24, 2.45) is 0 Å². The van der Waals surface area contributed by atoms with E-state index in [9.17, 15) is 5.11 Å². The minimum atomic E-state index is -0.495. The van der Waals surface area contributed by atoms with Gasteiger partial charge in [-0.1, -0.05) is 12.1 Å². The van der Waals surface area contributed by atoms with Crippen molar-refractivity contribution in [1.29, 1.82) is 0 Å². The molecule has 0 bridgehead atoms. The largest absolute Gasteiger partial charge is 0.393 e. The summed E-state index contributed by atoms with van der Waals surface area (Å²) in [5.41, 5.74) is 0.857. The van der Waals surface area contributed by atoms with E-state index in [0.29, 0.717) is 11.7 Å². The molecule has 5 nitrogen and oxygen atoms in total. The summed E-state index contributed by atoms with van der Waals surface area (Å²) < 4.78 is 5.19. The minimum Gasteiger partial charge on any atom is -0.393 e. The Morgan fingerprint density at radius 1 is 1.35 bits per heavy atom. The molecule has 0 aliphatic heterocycles. The lowest BCUT2D eigenvalue weighted by Gasteiger charge is -2.12. The summed E-state index contributed by atoms with van der Waals surface area (Å²) in [6.07, 6.45) is 3.62. The first-order valence-electron chi connectivity index (χ1n) is 5.64. The van der Waals surface area contributed by atoms with Crippen LogP contribution in [-0.2, 0) is 0 Å². The van der Waals surface area contributed by atoms with Gasteiger partial charge in [0.2, 0.25) is 11.7 Å². The van der Waals surface area contributed by atoms with Crippen LogP contribution in [0.3, 0.4) is 0 Å². The molecular weight excluding hydrogens is 218 g/mol. The van der Waals surface area contributed by atoms with Crippen LogP contribution in [0.1, 0.15) is 32.1 Å². The van der Waals surface area contributed by atoms with Crippen molar-refractivity contribution in [1.82, 2.24) is 15.1 Å². The average molecular weight is 233 g/mol. The molecule has 0 amide bonds. The standard InChI is InChI=1S/C12H15N3O2/c1-3-10(8(2)16)12-14-11(15-17-12)9-4-6-13-7-5-9/h4-8,10,16H,3H2,1-2H3. The second kappa shape index (κ2) is 5.05. The predicted octanol–water partition coefficient (Wildman–Crippen LogP) is 2.01. The molecule has 17 heavy (non-hydrogen) atoms. The van der Waals surface area contributed by atoms with Crippen LogP contribution < -0.4 is 0 Å². The van der Waals surface area contributed by atoms with Gasteiger partial charge >= 0.3 is 0 Å². The number of nitrogens with zero attached hydrogens (tertiary/aromatic N) is 3. The summed E-state index contributed by atoms with van der Waals surface area (Å²) in [6, 6.07) is 3.63. The van der Waals surface area contributed by atoms with Crippen LogP contribution in [0.5, 0.6) is 0 Å². The van der Waals surface area contributed by atoms with Crippen molar-refractivity contribution in [3.63, 3.8) is 0 Å². The zero-order valence-corrected chi connectivity index (χ0v) is 9.87. The van der Waals surface area contributed by atoms with E-state index in [1.54, 1.807) is 19.3 Å². The van der Waals surface area contributed by atoms with Crippen LogP contribution in [0.25, 0.3) is 11.4 Å². The third-order valence-electron chi connectivity index (χ3n) is 2.72. The van der Waals surface area contributed by atoms with Crippen molar-refractivity contribution >= 4 is 0 Å². The highest BCUT2D eigenvalue weighted by Crippen LogP contribution is 2.24. The molecule has 2 heterocycles. The van der Waals surface area contributed by atoms with Gasteiger partial charge in [0, 0.05) is 18.0 Å². The van der Waals surface area contributed by atoms with Gasteiger partial charge in [0.15, 0.2) is 0 Å². The first-order chi connectivity index (χ1) is 8.22. The van der Waals surface area contributed by atoms with E-state index in [-0.39, 0.29) is 5.92 Å². The van der Waals surface area contributed by atoms with Crippen molar-refractivity contribution in [2.45, 2.75) is 32.3 Å². The van der Waals surface area contributed by atoms with Gasteiger partial charge in [-0.05, 0) is 25.5 Å². The molecule has 0 fully saturated rings. The Morgan fingerprint density at radius 2 is 2.06 bits per heavy atom. The SMILES string of the molecule is CCC(c1nc(-c2ccncc2)no1)C(C)O. The number of hydrogen-bond donors (Lipinski definition) is 1. The molecule has 90 valence electrons. The third-order valence-corrected chi connectivity index (χ3v) is 2.72. The monoisotopic (exact) mass is 233 g/mol. The van der Waals surface area contributed by atoms with E-state index >= 15 is 0 Å². The van der Waals surface area contributed by atoms with Crippen molar-refractivity contribution < 1.29 is 9.63 Å². The Kier molecular flexibility index (Phi) is 3.49. The third kappa shape index (κ3) is 2.50. The second-order valence-electron chi connectivity index (χ2n) is 3.95. The van der Waals surface area contributed by atoms with Crippen molar-refractivity contribution in [3.05, 3.63) is 30.4 Å². The normalized spacial score (nSPS) is 14.5. The highest BCUT2D eigenvalue weighted by Gasteiger charge is 2.22. The van der Waals surface area contributed by atoms with Crippen LogP contribution in [0, 0.1) is 0 Å². The van der Waals surface area contributed by atoms with E-state index in [0.717, 1.165) is 12.0 Å². The molecule has 2 unspecified atom stereocenters. The lowest BCUT2D eigenvalue weighted by molar-refractivity contribution is 0.141. The smallest absolute Gasteiger partial charge is 0.232 e. The highest BCUT2D eigenvalue weighted by molar-refractivity contribution is 5.52. The van der Waals surface area contributed by atoms with Gasteiger partial charge in [-0.15, -0.1) is 0 Å². The van der Waals surface area contributed by atoms with E-state index in [2.05, 4.69) is 15.1 Å². The second-order valence-corrected chi connectivity index (χ2v) is 3.95. The number of aliphatic hydroxyl groups excluding tert-OH is 1. The van der Waals surface area contributed by atoms with Gasteiger partial charge in [0.05, 0.1) is 12.0 Å². The average Bonchev–Trinajstić information content (AvgIpc) is 2.80. The fraction of sp³-hybridized carbons (Fsp3) is 0.417. The molecule has 0 aliphatic rings. The lowest BCUT2D eigenvalue weighted by Crippen LogP contribution is -2.13. The van der Waals surface area contributed by atoms with Gasteiger partial charge in [-0.2, -0.15) is 4.98 Å². The van der Waals surface area contributed by atoms with E-state index in [1.807, 2.05) is 19.1 Å². The lowest BCUT2D eigenvalue weighted by atomic mass is 10.0. The fourth-order valence-corrected chi connectivity index (χ4v) is 1.73. The van der Waals surface area contributed by atoms with Crippen LogP contribution in [0.4, 0.5) is 0 Å². The Hall–Kier alpha value is -1.75. The summed E-state index contributed by atoms with van der Waals surface area (Å²) in [6.45, 7) is 3.71. The van der Waals surface area contributed by atoms with Crippen LogP contribution in [-0.4, -0.2) is 26.3 Å². The molecule has 0 saturated carbocycles. The minimum absolute atomic E-state index is 0.113. The molecule has 0 saturated heterocycles. The Labute approximate surface area is 99.5 Å². The molecule has 2 aromatic heterocycles. The Morgan fingerprint density at radius 3 is 2.65 bits per heavy atom. The summed E-state index contributed by atoms with van der Waals surface area (Å²) in [5, 5.41) is 13.5. The first kappa shape index (κ1) is 11.7. The first-order valence-corrected chi connectivity index (χ1v) is 5.64. The number of hydrogen-bond acceptors (Lipinski definition) is 5. The molecule has 0 radical (unpaired) electrons. The number of rotatable bonds is 4. The van der Waals surface area contributed by atoms with Gasteiger partial charge in [0.1, 0.15) is 0 Å². The zero-order valence-electron chi connectivity index (χ0n) is 9.87. The maximum Gasteiger partial charge on any atom is 0.232 e. The van der Waals surface area contributed by atoms with Crippen LogP contribution in [0.15, 0.2) is 29.0 Å². The van der Waals surface area contributed by atoms with Gasteiger partial charge < -0.3 is 9.63 Å². The van der Waals surface area contributed by atoms with E-state index < -0.39 is 6.10 Å².